The Bertz CT molecular complexity index is 1600. The lowest BCUT2D eigenvalue weighted by atomic mass is 9.98. The van der Waals surface area contributed by atoms with E-state index in [0.717, 1.165) is 43.5 Å². The van der Waals surface area contributed by atoms with Gasteiger partial charge in [0.2, 0.25) is 0 Å². The molecule has 1 amide bonds. The molecule has 0 fully saturated rings. The van der Waals surface area contributed by atoms with E-state index >= 15 is 0 Å². The van der Waals surface area contributed by atoms with Crippen molar-refractivity contribution < 1.29 is 4.79 Å². The van der Waals surface area contributed by atoms with Crippen LogP contribution in [0.1, 0.15) is 29.2 Å². The van der Waals surface area contributed by atoms with Crippen molar-refractivity contribution in [2.45, 2.75) is 16.8 Å². The fourth-order valence-electron chi connectivity index (χ4n) is 4.45. The molecule has 0 aliphatic carbocycles. The quantitative estimate of drug-likeness (QED) is 0.130. The molecule has 1 aliphatic rings. The lowest BCUT2D eigenvalue weighted by Gasteiger charge is -2.24. The molecule has 0 bridgehead atoms. The van der Waals surface area contributed by atoms with Gasteiger partial charge in [-0.25, -0.2) is 10.4 Å². The second kappa shape index (κ2) is 11.6. The molecule has 1 unspecified atom stereocenters. The highest BCUT2D eigenvalue weighted by Crippen LogP contribution is 2.36. The SMILES string of the molecule is O=C(CSc1nc2ccccc2s1)NN=Cc1ccc(N2N=C(c3ccccc3)CC2c2ccccc2)cc1. The fraction of sp³-hybridized carbons (Fsp3) is 0.0968. The summed E-state index contributed by atoms with van der Waals surface area (Å²) in [6, 6.07) is 36.9. The number of benzene rings is 4. The van der Waals surface area contributed by atoms with Crippen LogP contribution in [0.3, 0.4) is 0 Å². The zero-order valence-corrected chi connectivity index (χ0v) is 22.6. The number of hydrazone groups is 2. The second-order valence-electron chi connectivity index (χ2n) is 9.01. The highest BCUT2D eigenvalue weighted by molar-refractivity contribution is 8.01. The Balaban J connectivity index is 1.10. The van der Waals surface area contributed by atoms with Gasteiger partial charge in [-0.2, -0.15) is 10.2 Å². The Kier molecular flexibility index (Phi) is 7.47. The highest BCUT2D eigenvalue weighted by atomic mass is 32.2. The Morgan fingerprint density at radius 3 is 2.44 bits per heavy atom. The third kappa shape index (κ3) is 5.92. The van der Waals surface area contributed by atoms with Crippen LogP contribution in [0.4, 0.5) is 5.69 Å². The van der Waals surface area contributed by atoms with Crippen LogP contribution in [-0.4, -0.2) is 28.6 Å². The van der Waals surface area contributed by atoms with Gasteiger partial charge >= 0.3 is 0 Å². The van der Waals surface area contributed by atoms with Gasteiger partial charge in [0.05, 0.1) is 39.6 Å². The number of amides is 1. The minimum atomic E-state index is -0.169. The Morgan fingerprint density at radius 1 is 0.949 bits per heavy atom. The summed E-state index contributed by atoms with van der Waals surface area (Å²) in [5.41, 5.74) is 8.90. The first-order chi connectivity index (χ1) is 19.2. The zero-order chi connectivity index (χ0) is 26.4. The zero-order valence-electron chi connectivity index (χ0n) is 21.0. The summed E-state index contributed by atoms with van der Waals surface area (Å²) < 4.78 is 1.99. The molecule has 2 heterocycles. The maximum absolute atomic E-state index is 12.3. The van der Waals surface area contributed by atoms with Crippen LogP contribution in [0.15, 0.2) is 124 Å². The van der Waals surface area contributed by atoms with Crippen LogP contribution >= 0.6 is 23.1 Å². The van der Waals surface area contributed by atoms with Crippen molar-refractivity contribution in [3.63, 3.8) is 0 Å². The van der Waals surface area contributed by atoms with Gasteiger partial charge in [0.15, 0.2) is 4.34 Å². The standard InChI is InChI=1S/C31H25N5OS2/c37-30(21-38-31-33-26-13-7-8-14-29(26)39-31)34-32-20-22-15-17-25(18-16-22)36-28(24-11-5-2-6-12-24)19-27(35-36)23-9-3-1-4-10-23/h1-18,20,28H,19,21H2,(H,34,37). The van der Waals surface area contributed by atoms with Crippen molar-refractivity contribution in [2.24, 2.45) is 10.2 Å². The minimum Gasteiger partial charge on any atom is -0.272 e. The van der Waals surface area contributed by atoms with Crippen molar-refractivity contribution in [3.8, 4) is 0 Å². The largest absolute Gasteiger partial charge is 0.272 e. The molecule has 8 heteroatoms. The lowest BCUT2D eigenvalue weighted by molar-refractivity contribution is -0.118. The molecule has 39 heavy (non-hydrogen) atoms. The number of rotatable bonds is 8. The van der Waals surface area contributed by atoms with Gasteiger partial charge in [0, 0.05) is 6.42 Å². The molecule has 0 saturated carbocycles. The molecule has 1 N–H and O–H groups in total. The summed E-state index contributed by atoms with van der Waals surface area (Å²) in [6.45, 7) is 0. The van der Waals surface area contributed by atoms with Crippen molar-refractivity contribution in [2.75, 3.05) is 10.8 Å². The van der Waals surface area contributed by atoms with E-state index in [2.05, 4.69) is 56.9 Å². The predicted octanol–water partition coefficient (Wildman–Crippen LogP) is 6.89. The van der Waals surface area contributed by atoms with Gasteiger partial charge in [0.1, 0.15) is 0 Å². The Morgan fingerprint density at radius 2 is 1.67 bits per heavy atom. The van der Waals surface area contributed by atoms with Crippen LogP contribution in [0, 0.1) is 0 Å². The van der Waals surface area contributed by atoms with E-state index in [1.165, 1.54) is 17.3 Å². The third-order valence-corrected chi connectivity index (χ3v) is 8.54. The summed E-state index contributed by atoms with van der Waals surface area (Å²) in [7, 11) is 0. The number of thioether (sulfide) groups is 1. The van der Waals surface area contributed by atoms with Gasteiger partial charge < -0.3 is 0 Å². The maximum Gasteiger partial charge on any atom is 0.250 e. The maximum atomic E-state index is 12.3. The fourth-order valence-corrected chi connectivity index (χ4v) is 6.31. The number of carbonyl (C=O) groups is 1. The van der Waals surface area contributed by atoms with E-state index < -0.39 is 0 Å². The number of nitrogens with zero attached hydrogens (tertiary/aromatic N) is 4. The summed E-state index contributed by atoms with van der Waals surface area (Å²) in [5.74, 6) is 0.0888. The van der Waals surface area contributed by atoms with E-state index in [1.807, 2.05) is 72.8 Å². The normalized spacial score (nSPS) is 15.1. The Labute approximate surface area is 235 Å². The summed E-state index contributed by atoms with van der Waals surface area (Å²) in [4.78, 5) is 16.8. The molecule has 0 radical (unpaired) electrons. The number of carbonyl (C=O) groups excluding carboxylic acids is 1. The van der Waals surface area contributed by atoms with Crippen molar-refractivity contribution >= 4 is 56.8 Å². The minimum absolute atomic E-state index is 0.119. The molecule has 1 atom stereocenters. The number of thiazole rings is 1. The molecule has 5 aromatic rings. The Hall–Kier alpha value is -4.27. The first-order valence-electron chi connectivity index (χ1n) is 12.6. The van der Waals surface area contributed by atoms with E-state index in [0.29, 0.717) is 0 Å². The molecule has 1 aliphatic heterocycles. The molecule has 6 nitrogen and oxygen atoms in total. The van der Waals surface area contributed by atoms with Crippen molar-refractivity contribution in [1.29, 1.82) is 0 Å². The molecule has 4 aromatic carbocycles. The second-order valence-corrected chi connectivity index (χ2v) is 11.3. The lowest BCUT2D eigenvalue weighted by Crippen LogP contribution is -2.19. The summed E-state index contributed by atoms with van der Waals surface area (Å²) in [5, 5.41) is 11.3. The first kappa shape index (κ1) is 25.0. The molecular weight excluding hydrogens is 523 g/mol. The average molecular weight is 548 g/mol. The molecule has 0 spiro atoms. The summed E-state index contributed by atoms with van der Waals surface area (Å²) >= 11 is 3.01. The van der Waals surface area contributed by atoms with E-state index in [4.69, 9.17) is 5.10 Å². The topological polar surface area (TPSA) is 70.0 Å². The molecule has 6 rings (SSSR count). The van der Waals surface area contributed by atoms with Crippen molar-refractivity contribution in [1.82, 2.24) is 10.4 Å². The number of para-hydroxylation sites is 1. The number of fused-ring (bicyclic) bond motifs is 1. The van der Waals surface area contributed by atoms with E-state index in [1.54, 1.807) is 17.6 Å². The van der Waals surface area contributed by atoms with E-state index in [9.17, 15) is 4.79 Å². The third-order valence-electron chi connectivity index (χ3n) is 6.36. The van der Waals surface area contributed by atoms with Gasteiger partial charge in [-0.1, -0.05) is 96.7 Å². The van der Waals surface area contributed by atoms with E-state index in [-0.39, 0.29) is 17.7 Å². The van der Waals surface area contributed by atoms with Gasteiger partial charge in [-0.15, -0.1) is 11.3 Å². The smallest absolute Gasteiger partial charge is 0.250 e. The number of hydrogen-bond donors (Lipinski definition) is 1. The molecule has 0 saturated heterocycles. The van der Waals surface area contributed by atoms with Gasteiger partial charge in [0.25, 0.3) is 5.91 Å². The van der Waals surface area contributed by atoms with Crippen LogP contribution in [0.25, 0.3) is 10.2 Å². The highest BCUT2D eigenvalue weighted by Gasteiger charge is 2.29. The monoisotopic (exact) mass is 547 g/mol. The first-order valence-corrected chi connectivity index (χ1v) is 14.4. The summed E-state index contributed by atoms with van der Waals surface area (Å²) in [6.07, 6.45) is 2.49. The number of anilines is 1. The molecule has 1 aromatic heterocycles. The average Bonchev–Trinajstić information content (AvgIpc) is 3.62. The molecule has 192 valence electrons. The van der Waals surface area contributed by atoms with Crippen LogP contribution < -0.4 is 10.4 Å². The predicted molar refractivity (Wildman–Crippen MR) is 162 cm³/mol. The number of nitrogens with one attached hydrogen (secondary N) is 1. The number of hydrogen-bond acceptors (Lipinski definition) is 7. The van der Waals surface area contributed by atoms with Crippen LogP contribution in [-0.2, 0) is 4.79 Å². The van der Waals surface area contributed by atoms with Crippen LogP contribution in [0.2, 0.25) is 0 Å². The number of aromatic nitrogens is 1. The van der Waals surface area contributed by atoms with Gasteiger partial charge in [-0.3, -0.25) is 9.80 Å². The van der Waals surface area contributed by atoms with Crippen molar-refractivity contribution in [3.05, 3.63) is 126 Å². The van der Waals surface area contributed by atoms with Crippen LogP contribution in [0.5, 0.6) is 0 Å². The van der Waals surface area contributed by atoms with Gasteiger partial charge in [-0.05, 0) is 41.0 Å². The molecular formula is C31H25N5OS2.